The largest absolute Gasteiger partial charge is 0.397 e. The third-order valence-electron chi connectivity index (χ3n) is 4.70. The third kappa shape index (κ3) is 5.98. The summed E-state index contributed by atoms with van der Waals surface area (Å²) in [5.41, 5.74) is 11.6. The molecule has 0 unspecified atom stereocenters. The minimum absolute atomic E-state index is 0.210. The van der Waals surface area contributed by atoms with Crippen LogP contribution in [0.25, 0.3) is 6.08 Å². The summed E-state index contributed by atoms with van der Waals surface area (Å²) in [5.74, 6) is 0.329. The zero-order chi connectivity index (χ0) is 20.6. The molecule has 0 saturated heterocycles. The summed E-state index contributed by atoms with van der Waals surface area (Å²) in [7, 11) is 0. The van der Waals surface area contributed by atoms with Crippen molar-refractivity contribution in [1.82, 2.24) is 0 Å². The lowest BCUT2D eigenvalue weighted by molar-refractivity contribution is -0.111. The van der Waals surface area contributed by atoms with Crippen LogP contribution in [0.15, 0.2) is 78.9 Å². The van der Waals surface area contributed by atoms with E-state index in [1.807, 2.05) is 24.3 Å². The Kier molecular flexibility index (Phi) is 6.69. The molecular formula is C25H27N3O. The van der Waals surface area contributed by atoms with E-state index in [1.165, 1.54) is 17.2 Å². The topological polar surface area (TPSA) is 67.2 Å². The van der Waals surface area contributed by atoms with Crippen LogP contribution in [0.4, 0.5) is 17.1 Å². The second kappa shape index (κ2) is 9.60. The molecule has 148 valence electrons. The maximum atomic E-state index is 12.1. The molecule has 4 nitrogen and oxygen atoms in total. The minimum atomic E-state index is -0.210. The number of carbonyl (C=O) groups is 1. The minimum Gasteiger partial charge on any atom is -0.397 e. The molecule has 0 radical (unpaired) electrons. The first-order chi connectivity index (χ1) is 14.0. The highest BCUT2D eigenvalue weighted by molar-refractivity contribution is 6.03. The van der Waals surface area contributed by atoms with Crippen molar-refractivity contribution in [2.45, 2.75) is 26.3 Å². The molecule has 0 aliphatic rings. The SMILES string of the molecule is CC(C)c1ccc(NCc2ccc(C=CC(=O)Nc3ccccc3N)cc2)cc1. The van der Waals surface area contributed by atoms with Crippen molar-refractivity contribution in [1.29, 1.82) is 0 Å². The van der Waals surface area contributed by atoms with E-state index in [2.05, 4.69) is 60.9 Å². The van der Waals surface area contributed by atoms with Crippen LogP contribution in [0.3, 0.4) is 0 Å². The van der Waals surface area contributed by atoms with E-state index in [0.717, 1.165) is 17.8 Å². The summed E-state index contributed by atoms with van der Waals surface area (Å²) in [5, 5.41) is 6.22. The number of hydrogen-bond acceptors (Lipinski definition) is 3. The lowest BCUT2D eigenvalue weighted by atomic mass is 10.0. The van der Waals surface area contributed by atoms with Crippen LogP contribution in [0.5, 0.6) is 0 Å². The van der Waals surface area contributed by atoms with Gasteiger partial charge >= 0.3 is 0 Å². The fourth-order valence-electron chi connectivity index (χ4n) is 2.89. The van der Waals surface area contributed by atoms with Gasteiger partial charge in [0.05, 0.1) is 11.4 Å². The number of nitrogens with two attached hydrogens (primary N) is 1. The van der Waals surface area contributed by atoms with Crippen molar-refractivity contribution < 1.29 is 4.79 Å². The van der Waals surface area contributed by atoms with Crippen LogP contribution in [-0.4, -0.2) is 5.91 Å². The molecule has 0 bridgehead atoms. The first-order valence-electron chi connectivity index (χ1n) is 9.77. The molecule has 0 aliphatic carbocycles. The Bertz CT molecular complexity index is 974. The van der Waals surface area contributed by atoms with Crippen molar-refractivity contribution in [3.05, 3.63) is 95.6 Å². The van der Waals surface area contributed by atoms with Gasteiger partial charge in [-0.15, -0.1) is 0 Å². The lowest BCUT2D eigenvalue weighted by Gasteiger charge is -2.09. The average molecular weight is 386 g/mol. The van der Waals surface area contributed by atoms with E-state index in [0.29, 0.717) is 17.3 Å². The molecule has 0 saturated carbocycles. The highest BCUT2D eigenvalue weighted by atomic mass is 16.1. The van der Waals surface area contributed by atoms with Crippen LogP contribution >= 0.6 is 0 Å². The number of para-hydroxylation sites is 2. The Labute approximate surface area is 172 Å². The quantitative estimate of drug-likeness (QED) is 0.363. The molecule has 4 heteroatoms. The predicted molar refractivity (Wildman–Crippen MR) is 123 cm³/mol. The third-order valence-corrected chi connectivity index (χ3v) is 4.70. The zero-order valence-corrected chi connectivity index (χ0v) is 16.9. The molecule has 3 rings (SSSR count). The molecule has 0 heterocycles. The Hall–Kier alpha value is -3.53. The number of carbonyl (C=O) groups excluding carboxylic acids is 1. The van der Waals surface area contributed by atoms with Gasteiger partial charge in [-0.1, -0.05) is 62.4 Å². The fourth-order valence-corrected chi connectivity index (χ4v) is 2.89. The molecule has 1 amide bonds. The van der Waals surface area contributed by atoms with Gasteiger partial charge in [-0.3, -0.25) is 4.79 Å². The van der Waals surface area contributed by atoms with E-state index >= 15 is 0 Å². The number of hydrogen-bond donors (Lipinski definition) is 3. The second-order valence-corrected chi connectivity index (χ2v) is 7.28. The Morgan fingerprint density at radius 1 is 0.966 bits per heavy atom. The summed E-state index contributed by atoms with van der Waals surface area (Å²) in [6, 6.07) is 23.9. The smallest absolute Gasteiger partial charge is 0.248 e. The maximum absolute atomic E-state index is 12.1. The molecule has 0 atom stereocenters. The van der Waals surface area contributed by atoms with Gasteiger partial charge in [-0.2, -0.15) is 0 Å². The van der Waals surface area contributed by atoms with E-state index in [1.54, 1.807) is 18.2 Å². The van der Waals surface area contributed by atoms with Crippen molar-refractivity contribution >= 4 is 29.0 Å². The number of nitrogen functional groups attached to an aromatic ring is 1. The van der Waals surface area contributed by atoms with Crippen molar-refractivity contribution in [3.8, 4) is 0 Å². The number of anilines is 3. The van der Waals surface area contributed by atoms with Gasteiger partial charge in [0.25, 0.3) is 0 Å². The maximum Gasteiger partial charge on any atom is 0.248 e. The van der Waals surface area contributed by atoms with Gasteiger partial charge in [0.2, 0.25) is 5.91 Å². The standard InChI is InChI=1S/C25H27N3O/c1-18(2)21-12-14-22(15-13-21)27-17-20-9-7-19(8-10-20)11-16-25(29)28-24-6-4-3-5-23(24)26/h3-16,18,27H,17,26H2,1-2H3,(H,28,29). The Morgan fingerprint density at radius 3 is 2.31 bits per heavy atom. The van der Waals surface area contributed by atoms with Crippen LogP contribution in [0.1, 0.15) is 36.5 Å². The lowest BCUT2D eigenvalue weighted by Crippen LogP contribution is -2.09. The van der Waals surface area contributed by atoms with E-state index in [4.69, 9.17) is 5.73 Å². The highest BCUT2D eigenvalue weighted by Crippen LogP contribution is 2.18. The highest BCUT2D eigenvalue weighted by Gasteiger charge is 2.02. The fraction of sp³-hybridized carbons (Fsp3) is 0.160. The number of rotatable bonds is 7. The molecule has 29 heavy (non-hydrogen) atoms. The molecule has 0 aromatic heterocycles. The van der Waals surface area contributed by atoms with Crippen LogP contribution < -0.4 is 16.4 Å². The molecule has 0 aliphatic heterocycles. The van der Waals surface area contributed by atoms with E-state index in [-0.39, 0.29) is 5.91 Å². The van der Waals surface area contributed by atoms with Crippen molar-refractivity contribution in [3.63, 3.8) is 0 Å². The summed E-state index contributed by atoms with van der Waals surface area (Å²) in [6.07, 6.45) is 3.30. The number of benzene rings is 3. The van der Waals surface area contributed by atoms with Gasteiger partial charge < -0.3 is 16.4 Å². The monoisotopic (exact) mass is 385 g/mol. The summed E-state index contributed by atoms with van der Waals surface area (Å²) >= 11 is 0. The predicted octanol–water partition coefficient (Wildman–Crippen LogP) is 5.66. The van der Waals surface area contributed by atoms with Gasteiger partial charge in [0.15, 0.2) is 0 Å². The zero-order valence-electron chi connectivity index (χ0n) is 16.9. The first kappa shape index (κ1) is 20.2. The Morgan fingerprint density at radius 2 is 1.66 bits per heavy atom. The van der Waals surface area contributed by atoms with E-state index < -0.39 is 0 Å². The summed E-state index contributed by atoms with van der Waals surface area (Å²) in [4.78, 5) is 12.1. The van der Waals surface area contributed by atoms with Crippen molar-refractivity contribution in [2.24, 2.45) is 0 Å². The van der Waals surface area contributed by atoms with Gasteiger partial charge in [-0.05, 0) is 52.9 Å². The molecule has 3 aromatic carbocycles. The van der Waals surface area contributed by atoms with Crippen LogP contribution in [0.2, 0.25) is 0 Å². The van der Waals surface area contributed by atoms with Crippen LogP contribution in [-0.2, 0) is 11.3 Å². The van der Waals surface area contributed by atoms with E-state index in [9.17, 15) is 4.79 Å². The molecular weight excluding hydrogens is 358 g/mol. The second-order valence-electron chi connectivity index (χ2n) is 7.28. The summed E-state index contributed by atoms with van der Waals surface area (Å²) in [6.45, 7) is 5.14. The number of amides is 1. The Balaban J connectivity index is 1.52. The van der Waals surface area contributed by atoms with Crippen molar-refractivity contribution in [2.75, 3.05) is 16.4 Å². The van der Waals surface area contributed by atoms with Crippen LogP contribution in [0, 0.1) is 0 Å². The number of nitrogens with one attached hydrogen (secondary N) is 2. The molecule has 3 aromatic rings. The van der Waals surface area contributed by atoms with Gasteiger partial charge in [0.1, 0.15) is 0 Å². The summed E-state index contributed by atoms with van der Waals surface area (Å²) < 4.78 is 0. The first-order valence-corrected chi connectivity index (χ1v) is 9.77. The molecule has 4 N–H and O–H groups in total. The average Bonchev–Trinajstić information content (AvgIpc) is 2.73. The molecule has 0 fully saturated rings. The van der Waals surface area contributed by atoms with Gasteiger partial charge in [0, 0.05) is 18.3 Å². The normalized spacial score (nSPS) is 11.0. The van der Waals surface area contributed by atoms with Gasteiger partial charge in [-0.25, -0.2) is 0 Å². The molecule has 0 spiro atoms.